The fraction of sp³-hybridized carbons (Fsp3) is 0.367. The van der Waals surface area contributed by atoms with Crippen LogP contribution in [-0.4, -0.2) is 48.6 Å². The Kier molecular flexibility index (Phi) is 7.52. The molecule has 3 aromatic carbocycles. The molecule has 2 aliphatic rings. The summed E-state index contributed by atoms with van der Waals surface area (Å²) < 4.78 is 18.5. The van der Waals surface area contributed by atoms with Gasteiger partial charge in [0.15, 0.2) is 0 Å². The van der Waals surface area contributed by atoms with Crippen molar-refractivity contribution >= 4 is 11.7 Å². The van der Waals surface area contributed by atoms with Gasteiger partial charge in [0, 0.05) is 24.8 Å². The fourth-order valence-electron chi connectivity index (χ4n) is 5.51. The topological polar surface area (TPSA) is 44.8 Å². The number of rotatable bonds is 6. The maximum Gasteiger partial charge on any atom is 0.322 e. The first-order valence-corrected chi connectivity index (χ1v) is 12.8. The molecule has 1 N–H and O–H groups in total. The van der Waals surface area contributed by atoms with Crippen LogP contribution in [0.3, 0.4) is 0 Å². The molecule has 0 saturated carbocycles. The second-order valence-electron chi connectivity index (χ2n) is 9.99. The highest BCUT2D eigenvalue weighted by atomic mass is 19.1. The fourth-order valence-corrected chi connectivity index (χ4v) is 5.51. The lowest BCUT2D eigenvalue weighted by Crippen LogP contribution is -2.52. The maximum atomic E-state index is 13.4. The molecular weight excluding hydrogens is 453 g/mol. The summed E-state index contributed by atoms with van der Waals surface area (Å²) in [4.78, 5) is 17.9. The van der Waals surface area contributed by atoms with Crippen LogP contribution in [0.25, 0.3) is 0 Å². The van der Waals surface area contributed by atoms with Crippen molar-refractivity contribution in [1.82, 2.24) is 9.80 Å². The summed E-state index contributed by atoms with van der Waals surface area (Å²) >= 11 is 0. The highest BCUT2D eigenvalue weighted by Gasteiger charge is 2.32. The number of halogens is 1. The number of hydrogen-bond acceptors (Lipinski definition) is 3. The number of amides is 2. The summed E-state index contributed by atoms with van der Waals surface area (Å²) in [7, 11) is 1.63. The lowest BCUT2D eigenvalue weighted by atomic mass is 9.89. The molecule has 3 aromatic rings. The SMILES string of the molecule is COc1cccc(NC(=O)N2Cc3ccccc3CC2CN2CCC(Cc3ccc(F)cc3)CC2)c1. The number of urea groups is 1. The zero-order chi connectivity index (χ0) is 24.9. The standard InChI is InChI=1S/C30H34FN3O2/c1-36-29-8-4-7-27(19-29)32-30(35)34-20-25-6-3-2-5-24(25)18-28(34)21-33-15-13-23(14-16-33)17-22-9-11-26(31)12-10-22/h2-12,19,23,28H,13-18,20-21H2,1H3,(H,32,35). The third kappa shape index (κ3) is 5.88. The number of ether oxygens (including phenoxy) is 1. The van der Waals surface area contributed by atoms with Crippen molar-refractivity contribution < 1.29 is 13.9 Å². The molecule has 5 nitrogen and oxygen atoms in total. The predicted molar refractivity (Wildman–Crippen MR) is 141 cm³/mol. The Bertz CT molecular complexity index is 1170. The van der Waals surface area contributed by atoms with E-state index < -0.39 is 0 Å². The molecule has 0 aromatic heterocycles. The van der Waals surface area contributed by atoms with E-state index >= 15 is 0 Å². The third-order valence-corrected chi connectivity index (χ3v) is 7.55. The number of fused-ring (bicyclic) bond motifs is 1. The zero-order valence-corrected chi connectivity index (χ0v) is 20.8. The van der Waals surface area contributed by atoms with E-state index in [4.69, 9.17) is 4.74 Å². The largest absolute Gasteiger partial charge is 0.497 e. The van der Waals surface area contributed by atoms with E-state index in [2.05, 4.69) is 28.4 Å². The summed E-state index contributed by atoms with van der Waals surface area (Å²) in [5, 5.41) is 3.08. The number of piperidine rings is 1. The second kappa shape index (κ2) is 11.1. The number of methoxy groups -OCH3 is 1. The van der Waals surface area contributed by atoms with Gasteiger partial charge >= 0.3 is 6.03 Å². The van der Waals surface area contributed by atoms with Crippen LogP contribution in [0, 0.1) is 11.7 Å². The molecule has 1 fully saturated rings. The highest BCUT2D eigenvalue weighted by Crippen LogP contribution is 2.28. The molecule has 5 rings (SSSR count). The van der Waals surface area contributed by atoms with Crippen LogP contribution in [0.5, 0.6) is 5.75 Å². The van der Waals surface area contributed by atoms with Crippen LogP contribution < -0.4 is 10.1 Å². The smallest absolute Gasteiger partial charge is 0.322 e. The Morgan fingerprint density at radius 1 is 1.00 bits per heavy atom. The molecular formula is C30H34FN3O2. The predicted octanol–water partition coefficient (Wildman–Crippen LogP) is 5.75. The number of nitrogens with one attached hydrogen (secondary N) is 1. The lowest BCUT2D eigenvalue weighted by molar-refractivity contribution is 0.116. The second-order valence-corrected chi connectivity index (χ2v) is 9.99. The molecule has 0 radical (unpaired) electrons. The summed E-state index contributed by atoms with van der Waals surface area (Å²) in [6.07, 6.45) is 4.10. The number of benzene rings is 3. The van der Waals surface area contributed by atoms with Gasteiger partial charge in [-0.25, -0.2) is 9.18 Å². The van der Waals surface area contributed by atoms with E-state index in [-0.39, 0.29) is 17.9 Å². The summed E-state index contributed by atoms with van der Waals surface area (Å²) in [6.45, 7) is 3.52. The van der Waals surface area contributed by atoms with E-state index in [1.54, 1.807) is 19.2 Å². The van der Waals surface area contributed by atoms with Gasteiger partial charge in [0.2, 0.25) is 0 Å². The van der Waals surface area contributed by atoms with Gasteiger partial charge in [-0.15, -0.1) is 0 Å². The van der Waals surface area contributed by atoms with Crippen LogP contribution in [0.1, 0.15) is 29.5 Å². The van der Waals surface area contributed by atoms with Crippen molar-refractivity contribution in [2.75, 3.05) is 32.1 Å². The minimum atomic E-state index is -0.178. The van der Waals surface area contributed by atoms with Gasteiger partial charge in [0.05, 0.1) is 13.2 Å². The van der Waals surface area contributed by atoms with E-state index in [9.17, 15) is 9.18 Å². The number of likely N-dealkylation sites (tertiary alicyclic amines) is 1. The molecule has 1 atom stereocenters. The van der Waals surface area contributed by atoms with Gasteiger partial charge in [-0.3, -0.25) is 0 Å². The van der Waals surface area contributed by atoms with E-state index in [1.165, 1.54) is 16.7 Å². The Labute approximate surface area is 212 Å². The van der Waals surface area contributed by atoms with Crippen LogP contribution >= 0.6 is 0 Å². The number of carbonyl (C=O) groups excluding carboxylic acids is 1. The molecule has 1 saturated heterocycles. The van der Waals surface area contributed by atoms with Crippen LogP contribution in [0.4, 0.5) is 14.9 Å². The number of nitrogens with zero attached hydrogens (tertiary/aromatic N) is 2. The zero-order valence-electron chi connectivity index (χ0n) is 20.8. The van der Waals surface area contributed by atoms with Crippen molar-refractivity contribution in [2.45, 2.75) is 38.3 Å². The normalized spacial score (nSPS) is 18.5. The average Bonchev–Trinajstić information content (AvgIpc) is 2.91. The Morgan fingerprint density at radius 3 is 2.50 bits per heavy atom. The van der Waals surface area contributed by atoms with Gasteiger partial charge in [0.1, 0.15) is 11.6 Å². The van der Waals surface area contributed by atoms with Crippen molar-refractivity contribution in [3.05, 3.63) is 95.3 Å². The van der Waals surface area contributed by atoms with Crippen molar-refractivity contribution in [3.8, 4) is 5.75 Å². The molecule has 36 heavy (non-hydrogen) atoms. The number of anilines is 1. The Balaban J connectivity index is 1.23. The molecule has 0 aliphatic carbocycles. The van der Waals surface area contributed by atoms with E-state index in [1.807, 2.05) is 47.4 Å². The minimum absolute atomic E-state index is 0.0750. The first-order valence-electron chi connectivity index (χ1n) is 12.8. The lowest BCUT2D eigenvalue weighted by Gasteiger charge is -2.41. The molecule has 2 amide bonds. The summed E-state index contributed by atoms with van der Waals surface area (Å²) in [5.41, 5.74) is 4.49. The molecule has 2 heterocycles. The van der Waals surface area contributed by atoms with Gasteiger partial charge in [-0.2, -0.15) is 0 Å². The van der Waals surface area contributed by atoms with Crippen LogP contribution in [0.15, 0.2) is 72.8 Å². The van der Waals surface area contributed by atoms with E-state index in [0.717, 1.165) is 56.8 Å². The maximum absolute atomic E-state index is 13.4. The van der Waals surface area contributed by atoms with E-state index in [0.29, 0.717) is 12.5 Å². The average molecular weight is 488 g/mol. The first-order chi connectivity index (χ1) is 17.6. The van der Waals surface area contributed by atoms with Gasteiger partial charge in [-0.05, 0) is 85.6 Å². The van der Waals surface area contributed by atoms with Crippen molar-refractivity contribution in [2.24, 2.45) is 5.92 Å². The van der Waals surface area contributed by atoms with Crippen LogP contribution in [0.2, 0.25) is 0 Å². The number of carbonyl (C=O) groups is 1. The molecule has 0 spiro atoms. The highest BCUT2D eigenvalue weighted by molar-refractivity contribution is 5.90. The van der Waals surface area contributed by atoms with Crippen LogP contribution in [-0.2, 0) is 19.4 Å². The molecule has 0 bridgehead atoms. The summed E-state index contributed by atoms with van der Waals surface area (Å²) in [6, 6.07) is 22.9. The van der Waals surface area contributed by atoms with Gasteiger partial charge < -0.3 is 19.9 Å². The molecule has 188 valence electrons. The molecule has 1 unspecified atom stereocenters. The Morgan fingerprint density at radius 2 is 1.75 bits per heavy atom. The summed E-state index contributed by atoms with van der Waals surface area (Å²) in [5.74, 6) is 1.16. The third-order valence-electron chi connectivity index (χ3n) is 7.55. The number of hydrogen-bond donors (Lipinski definition) is 1. The molecule has 2 aliphatic heterocycles. The van der Waals surface area contributed by atoms with Gasteiger partial charge in [0.25, 0.3) is 0 Å². The minimum Gasteiger partial charge on any atom is -0.497 e. The monoisotopic (exact) mass is 487 g/mol. The quantitative estimate of drug-likeness (QED) is 0.482. The first kappa shape index (κ1) is 24.3. The Hall–Kier alpha value is -3.38. The van der Waals surface area contributed by atoms with Crippen molar-refractivity contribution in [3.63, 3.8) is 0 Å². The van der Waals surface area contributed by atoms with Gasteiger partial charge in [-0.1, -0.05) is 42.5 Å². The van der Waals surface area contributed by atoms with Crippen molar-refractivity contribution in [1.29, 1.82) is 0 Å². The molecule has 6 heteroatoms.